The first kappa shape index (κ1) is 15.8. The van der Waals surface area contributed by atoms with Gasteiger partial charge in [0.05, 0.1) is 11.6 Å². The van der Waals surface area contributed by atoms with Crippen LogP contribution in [0.5, 0.6) is 5.75 Å². The van der Waals surface area contributed by atoms with Crippen molar-refractivity contribution in [3.8, 4) is 5.75 Å². The van der Waals surface area contributed by atoms with Crippen molar-refractivity contribution in [3.63, 3.8) is 0 Å². The van der Waals surface area contributed by atoms with Gasteiger partial charge in [-0.3, -0.25) is 4.48 Å². The summed E-state index contributed by atoms with van der Waals surface area (Å²) >= 11 is 0. The molecule has 0 radical (unpaired) electrons. The Morgan fingerprint density at radius 3 is 2.52 bits per heavy atom. The van der Waals surface area contributed by atoms with Gasteiger partial charge in [0.1, 0.15) is 24.9 Å². The van der Waals surface area contributed by atoms with Crippen LogP contribution >= 0.6 is 0 Å². The Balaban J connectivity index is 2.21. The lowest BCUT2D eigenvalue weighted by atomic mass is 10.00. The first-order valence-corrected chi connectivity index (χ1v) is 7.30. The number of amides is 1. The number of nitrogens with two attached hydrogens (primary N) is 1. The van der Waals surface area contributed by atoms with Crippen molar-refractivity contribution < 1.29 is 19.1 Å². The minimum atomic E-state index is -1.07. The zero-order valence-electron chi connectivity index (χ0n) is 12.9. The number of rotatable bonds is 3. The predicted octanol–water partition coefficient (Wildman–Crippen LogP) is 1.12. The lowest BCUT2D eigenvalue weighted by Gasteiger charge is -2.49. The molecule has 1 aliphatic heterocycles. The molecular formula is C16H24N2O3. The van der Waals surface area contributed by atoms with Gasteiger partial charge >= 0.3 is 0 Å². The summed E-state index contributed by atoms with van der Waals surface area (Å²) in [7, 11) is 0. The maximum Gasteiger partial charge on any atom is 0.258 e. The molecule has 0 aromatic heterocycles. The van der Waals surface area contributed by atoms with Crippen LogP contribution in [0.15, 0.2) is 30.3 Å². The van der Waals surface area contributed by atoms with Gasteiger partial charge in [0.25, 0.3) is 6.09 Å². The smallest absolute Gasteiger partial charge is 0.258 e. The molecule has 1 aromatic rings. The van der Waals surface area contributed by atoms with Crippen LogP contribution in [0.2, 0.25) is 0 Å². The number of hydrogen-bond acceptors (Lipinski definition) is 4. The van der Waals surface area contributed by atoms with Gasteiger partial charge in [-0.05, 0) is 32.9 Å². The van der Waals surface area contributed by atoms with Crippen molar-refractivity contribution in [3.05, 3.63) is 30.3 Å². The minimum absolute atomic E-state index is 0.147. The fourth-order valence-electron chi connectivity index (χ4n) is 3.35. The van der Waals surface area contributed by atoms with E-state index >= 15 is 0 Å². The molecule has 1 saturated heterocycles. The highest BCUT2D eigenvalue weighted by Gasteiger charge is 2.55. The molecular weight excluding hydrogens is 268 g/mol. The quantitative estimate of drug-likeness (QED) is 0.847. The topological polar surface area (TPSA) is 75.4 Å². The van der Waals surface area contributed by atoms with E-state index < -0.39 is 11.6 Å². The average molecular weight is 292 g/mol. The molecule has 0 bridgehead atoms. The molecule has 21 heavy (non-hydrogen) atoms. The standard InChI is InChI=1S/C16H24N2O3/c1-16(2,3)18(15(19)20)10-12(17)9-13(18)11-21-14-7-5-4-6-8-14/h4-8,12-13H,9-11,17H2,1-3H3/t12?,13-,18?/m1/s1. The number of likely N-dealkylation sites (tertiary alicyclic amines) is 1. The monoisotopic (exact) mass is 292 g/mol. The first-order valence-electron chi connectivity index (χ1n) is 7.30. The maximum absolute atomic E-state index is 11.9. The van der Waals surface area contributed by atoms with Crippen LogP contribution in [0.4, 0.5) is 4.79 Å². The van der Waals surface area contributed by atoms with Crippen molar-refractivity contribution >= 4 is 6.09 Å². The fraction of sp³-hybridized carbons (Fsp3) is 0.562. The summed E-state index contributed by atoms with van der Waals surface area (Å²) in [6.45, 7) is 6.45. The molecule has 2 N–H and O–H groups in total. The van der Waals surface area contributed by atoms with Gasteiger partial charge in [0.15, 0.2) is 0 Å². The van der Waals surface area contributed by atoms with Crippen molar-refractivity contribution in [1.29, 1.82) is 0 Å². The molecule has 1 amide bonds. The lowest BCUT2D eigenvalue weighted by Crippen LogP contribution is -2.71. The second kappa shape index (κ2) is 5.66. The zero-order valence-corrected chi connectivity index (χ0v) is 12.9. The molecule has 2 unspecified atom stereocenters. The van der Waals surface area contributed by atoms with Gasteiger partial charge < -0.3 is 20.4 Å². The van der Waals surface area contributed by atoms with E-state index in [-0.39, 0.29) is 16.6 Å². The van der Waals surface area contributed by atoms with Crippen molar-refractivity contribution in [2.24, 2.45) is 5.73 Å². The van der Waals surface area contributed by atoms with Crippen LogP contribution in [0, 0.1) is 0 Å². The number of quaternary nitrogens is 1. The minimum Gasteiger partial charge on any atom is -0.498 e. The largest absolute Gasteiger partial charge is 0.498 e. The summed E-state index contributed by atoms with van der Waals surface area (Å²) in [5.41, 5.74) is 5.55. The highest BCUT2D eigenvalue weighted by atomic mass is 16.5. The normalized spacial score (nSPS) is 29.3. The van der Waals surface area contributed by atoms with E-state index in [1.54, 1.807) is 0 Å². The summed E-state index contributed by atoms with van der Waals surface area (Å²) in [5, 5.41) is 11.9. The molecule has 116 valence electrons. The summed E-state index contributed by atoms with van der Waals surface area (Å²) in [6.07, 6.45) is -0.449. The molecule has 1 aliphatic rings. The number of ether oxygens (including phenoxy) is 1. The van der Waals surface area contributed by atoms with Gasteiger partial charge in [-0.1, -0.05) is 18.2 Å². The summed E-state index contributed by atoms with van der Waals surface area (Å²) in [5.74, 6) is 0.739. The molecule has 5 nitrogen and oxygen atoms in total. The molecule has 1 heterocycles. The Kier molecular flexibility index (Phi) is 4.25. The van der Waals surface area contributed by atoms with Crippen LogP contribution < -0.4 is 15.6 Å². The highest BCUT2D eigenvalue weighted by Crippen LogP contribution is 2.36. The third-order valence-electron chi connectivity index (χ3n) is 4.43. The van der Waals surface area contributed by atoms with Gasteiger partial charge in [0, 0.05) is 6.42 Å². The van der Waals surface area contributed by atoms with Gasteiger partial charge in [-0.25, -0.2) is 0 Å². The van der Waals surface area contributed by atoms with E-state index in [0.29, 0.717) is 19.6 Å². The molecule has 5 heteroatoms. The van der Waals surface area contributed by atoms with E-state index in [1.807, 2.05) is 51.1 Å². The first-order chi connectivity index (χ1) is 9.77. The van der Waals surface area contributed by atoms with E-state index in [9.17, 15) is 9.90 Å². The SMILES string of the molecule is CC(C)(C)[N+]1(C(=O)[O-])CC(N)C[C@@H]1COc1ccccc1. The Bertz CT molecular complexity index is 498. The summed E-state index contributed by atoms with van der Waals surface area (Å²) < 4.78 is 5.62. The molecule has 0 spiro atoms. The third kappa shape index (κ3) is 2.89. The van der Waals surface area contributed by atoms with Crippen molar-refractivity contribution in [1.82, 2.24) is 0 Å². The highest BCUT2D eigenvalue weighted by molar-refractivity contribution is 5.55. The van der Waals surface area contributed by atoms with Gasteiger partial charge in [-0.2, -0.15) is 0 Å². The number of carbonyl (C=O) groups is 1. The zero-order chi connectivity index (χ0) is 15.7. The second-order valence-electron chi connectivity index (χ2n) is 6.76. The Hall–Kier alpha value is -1.59. The third-order valence-corrected chi connectivity index (χ3v) is 4.43. The van der Waals surface area contributed by atoms with E-state index in [4.69, 9.17) is 10.5 Å². The Labute approximate surface area is 125 Å². The maximum atomic E-state index is 11.9. The van der Waals surface area contributed by atoms with Gasteiger partial charge in [-0.15, -0.1) is 0 Å². The van der Waals surface area contributed by atoms with Crippen LogP contribution in [-0.2, 0) is 0 Å². The predicted molar refractivity (Wildman–Crippen MR) is 78.6 cm³/mol. The molecule has 2 rings (SSSR count). The van der Waals surface area contributed by atoms with Crippen LogP contribution in [0.1, 0.15) is 27.2 Å². The molecule has 1 fully saturated rings. The Morgan fingerprint density at radius 2 is 2.00 bits per heavy atom. The second-order valence-corrected chi connectivity index (χ2v) is 6.76. The molecule has 1 aromatic carbocycles. The number of hydrogen-bond donors (Lipinski definition) is 1. The van der Waals surface area contributed by atoms with Crippen LogP contribution in [0.3, 0.4) is 0 Å². The summed E-state index contributed by atoms with van der Waals surface area (Å²) in [4.78, 5) is 11.9. The van der Waals surface area contributed by atoms with E-state index in [2.05, 4.69) is 0 Å². The molecule has 3 atom stereocenters. The van der Waals surface area contributed by atoms with Gasteiger partial charge in [0.2, 0.25) is 0 Å². The average Bonchev–Trinajstić information content (AvgIpc) is 2.75. The van der Waals surface area contributed by atoms with Crippen molar-refractivity contribution in [2.45, 2.75) is 44.8 Å². The van der Waals surface area contributed by atoms with E-state index in [1.165, 1.54) is 0 Å². The number of carbonyl (C=O) groups excluding carboxylic acids is 1. The van der Waals surface area contributed by atoms with Crippen molar-refractivity contribution in [2.75, 3.05) is 13.2 Å². The number of carboxylic acid groups (broad SMARTS) is 1. The molecule has 0 aliphatic carbocycles. The fourth-order valence-corrected chi connectivity index (χ4v) is 3.35. The van der Waals surface area contributed by atoms with Crippen LogP contribution in [-0.4, -0.2) is 41.4 Å². The summed E-state index contributed by atoms with van der Waals surface area (Å²) in [6, 6.07) is 9.06. The van der Waals surface area contributed by atoms with Crippen LogP contribution in [0.25, 0.3) is 0 Å². The van der Waals surface area contributed by atoms with E-state index in [0.717, 1.165) is 5.75 Å². The lowest BCUT2D eigenvalue weighted by molar-refractivity contribution is -0.930. The number of para-hydroxylation sites is 1. The molecule has 0 saturated carbocycles. The number of nitrogens with zero attached hydrogens (tertiary/aromatic N) is 1. The Morgan fingerprint density at radius 1 is 1.38 bits per heavy atom. The number of benzene rings is 1.